The van der Waals surface area contributed by atoms with Gasteiger partial charge in [-0.1, -0.05) is 55.4 Å². The number of nitro benzene ring substituents is 1. The number of benzene rings is 2. The third-order valence-electron chi connectivity index (χ3n) is 2.40. The van der Waals surface area contributed by atoms with Crippen LogP contribution in [0.25, 0.3) is 0 Å². The Bertz CT molecular complexity index is 625. The quantitative estimate of drug-likeness (QED) is 0.350. The lowest BCUT2D eigenvalue weighted by Crippen LogP contribution is -1.90. The van der Waals surface area contributed by atoms with E-state index in [0.29, 0.717) is 17.6 Å². The second-order valence-electron chi connectivity index (χ2n) is 3.70. The van der Waals surface area contributed by atoms with E-state index in [9.17, 15) is 20.0 Å². The molecule has 0 atom stereocenters. The molecule has 0 bridgehead atoms. The Labute approximate surface area is 163 Å². The van der Waals surface area contributed by atoms with Crippen molar-refractivity contribution in [3.63, 3.8) is 0 Å². The van der Waals surface area contributed by atoms with Crippen LogP contribution in [0, 0.1) is 10.1 Å². The zero-order valence-electron chi connectivity index (χ0n) is 17.6. The predicted molar refractivity (Wildman–Crippen MR) is 112 cm³/mol. The molecule has 0 aromatic heterocycles. The predicted octanol–water partition coefficient (Wildman–Crippen LogP) is 7.01. The number of hydrogen-bond donors (Lipinski definition) is 1. The van der Waals surface area contributed by atoms with E-state index in [1.54, 1.807) is 24.3 Å². The van der Waals surface area contributed by atoms with Crippen LogP contribution in [-0.2, 0) is 0 Å². The van der Waals surface area contributed by atoms with Gasteiger partial charge >= 0.3 is 5.69 Å². The number of phenolic OH excluding ortho intramolecular Hbond substituents is 1. The van der Waals surface area contributed by atoms with Gasteiger partial charge in [-0.15, -0.1) is 0 Å². The monoisotopic (exact) mass is 379 g/mol. The van der Waals surface area contributed by atoms with Crippen molar-refractivity contribution < 1.29 is 19.6 Å². The molecule has 2 rings (SSSR count). The molecule has 0 aliphatic carbocycles. The van der Waals surface area contributed by atoms with Crippen molar-refractivity contribution in [2.75, 3.05) is 0 Å². The standard InChI is InChI=1S/C13H9NO5.4C2H6/c15-8-9-1-3-10(4-2-9)19-11-5-6-13(16)12(7-11)14(17)18;4*1-2/h1-8,16H;4*1-2H3. The highest BCUT2D eigenvalue weighted by molar-refractivity contribution is 5.74. The highest BCUT2D eigenvalue weighted by atomic mass is 16.6. The summed E-state index contributed by atoms with van der Waals surface area (Å²) in [5.74, 6) is 0.239. The summed E-state index contributed by atoms with van der Waals surface area (Å²) in [6, 6.07) is 10.0. The van der Waals surface area contributed by atoms with Gasteiger partial charge in [-0.3, -0.25) is 14.9 Å². The van der Waals surface area contributed by atoms with Crippen LogP contribution in [0.1, 0.15) is 65.7 Å². The number of nitro groups is 1. The number of hydrogen-bond acceptors (Lipinski definition) is 5. The van der Waals surface area contributed by atoms with Crippen LogP contribution in [0.5, 0.6) is 17.2 Å². The third kappa shape index (κ3) is 11.4. The Kier molecular flexibility index (Phi) is 20.8. The van der Waals surface area contributed by atoms with Crippen LogP contribution < -0.4 is 4.74 Å². The molecule has 0 radical (unpaired) electrons. The summed E-state index contributed by atoms with van der Waals surface area (Å²) in [6.07, 6.45) is 0.704. The Morgan fingerprint density at radius 2 is 1.30 bits per heavy atom. The van der Waals surface area contributed by atoms with Crippen LogP contribution in [0.4, 0.5) is 5.69 Å². The number of aldehydes is 1. The molecule has 0 aliphatic heterocycles. The van der Waals surface area contributed by atoms with Crippen LogP contribution >= 0.6 is 0 Å². The maximum absolute atomic E-state index is 10.7. The van der Waals surface area contributed by atoms with Crippen molar-refractivity contribution in [2.45, 2.75) is 55.4 Å². The first-order valence-corrected chi connectivity index (χ1v) is 9.30. The summed E-state index contributed by atoms with van der Waals surface area (Å²) in [4.78, 5) is 20.5. The molecule has 0 heterocycles. The minimum absolute atomic E-state index is 0.225. The molecule has 0 saturated heterocycles. The van der Waals surface area contributed by atoms with Gasteiger partial charge in [-0.2, -0.15) is 0 Å². The summed E-state index contributed by atoms with van der Waals surface area (Å²) >= 11 is 0. The molecule has 2 aromatic rings. The highest BCUT2D eigenvalue weighted by Gasteiger charge is 2.14. The van der Waals surface area contributed by atoms with Crippen molar-refractivity contribution in [3.05, 3.63) is 58.1 Å². The van der Waals surface area contributed by atoms with Gasteiger partial charge in [0.15, 0.2) is 5.75 Å². The summed E-state index contributed by atoms with van der Waals surface area (Å²) in [5, 5.41) is 20.0. The minimum atomic E-state index is -0.697. The minimum Gasteiger partial charge on any atom is -0.502 e. The van der Waals surface area contributed by atoms with Gasteiger partial charge in [0.05, 0.1) is 11.0 Å². The molecule has 0 amide bonds. The smallest absolute Gasteiger partial charge is 0.314 e. The van der Waals surface area contributed by atoms with Crippen molar-refractivity contribution in [3.8, 4) is 17.2 Å². The van der Waals surface area contributed by atoms with E-state index < -0.39 is 16.4 Å². The van der Waals surface area contributed by atoms with E-state index in [2.05, 4.69) is 0 Å². The number of nitrogens with zero attached hydrogens (tertiary/aromatic N) is 1. The molecule has 152 valence electrons. The molecule has 2 aromatic carbocycles. The van der Waals surface area contributed by atoms with Gasteiger partial charge in [-0.25, -0.2) is 0 Å². The highest BCUT2D eigenvalue weighted by Crippen LogP contribution is 2.32. The van der Waals surface area contributed by atoms with Crippen LogP contribution in [0.15, 0.2) is 42.5 Å². The second kappa shape index (κ2) is 19.4. The number of phenols is 1. The zero-order valence-corrected chi connectivity index (χ0v) is 17.6. The van der Waals surface area contributed by atoms with E-state index in [1.165, 1.54) is 12.1 Å². The van der Waals surface area contributed by atoms with Gasteiger partial charge in [0.1, 0.15) is 17.8 Å². The average molecular weight is 379 g/mol. The lowest BCUT2D eigenvalue weighted by Gasteiger charge is -2.06. The molecule has 6 heteroatoms. The van der Waals surface area contributed by atoms with E-state index in [4.69, 9.17) is 4.74 Å². The lowest BCUT2D eigenvalue weighted by atomic mass is 10.2. The Hall–Kier alpha value is -2.89. The number of rotatable bonds is 4. The van der Waals surface area contributed by atoms with Gasteiger partial charge in [-0.05, 0) is 36.4 Å². The van der Waals surface area contributed by atoms with Crippen molar-refractivity contribution >= 4 is 12.0 Å². The fourth-order valence-electron chi connectivity index (χ4n) is 1.46. The molecular formula is C21H33NO5. The normalized spacial score (nSPS) is 7.85. The van der Waals surface area contributed by atoms with Crippen LogP contribution in [0.3, 0.4) is 0 Å². The second-order valence-corrected chi connectivity index (χ2v) is 3.70. The SMILES string of the molecule is CC.CC.CC.CC.O=Cc1ccc(Oc2ccc(O)c([N+](=O)[O-])c2)cc1. The fraction of sp³-hybridized carbons (Fsp3) is 0.381. The van der Waals surface area contributed by atoms with Crippen molar-refractivity contribution in [1.82, 2.24) is 0 Å². The van der Waals surface area contributed by atoms with Crippen molar-refractivity contribution in [1.29, 1.82) is 0 Å². The lowest BCUT2D eigenvalue weighted by molar-refractivity contribution is -0.385. The molecule has 1 N–H and O–H groups in total. The van der Waals surface area contributed by atoms with Crippen LogP contribution in [0.2, 0.25) is 0 Å². The summed E-state index contributed by atoms with van der Waals surface area (Å²) in [7, 11) is 0. The van der Waals surface area contributed by atoms with E-state index in [-0.39, 0.29) is 5.75 Å². The van der Waals surface area contributed by atoms with Gasteiger partial charge in [0, 0.05) is 5.56 Å². The van der Waals surface area contributed by atoms with Gasteiger partial charge in [0.25, 0.3) is 0 Å². The molecular weight excluding hydrogens is 346 g/mol. The molecule has 6 nitrogen and oxygen atoms in total. The first-order chi connectivity index (χ1) is 13.1. The number of carbonyl (C=O) groups is 1. The van der Waals surface area contributed by atoms with Crippen LogP contribution in [-0.4, -0.2) is 16.3 Å². The molecule has 0 spiro atoms. The molecule has 0 unspecified atom stereocenters. The third-order valence-corrected chi connectivity index (χ3v) is 2.40. The number of ether oxygens (including phenoxy) is 1. The fourth-order valence-corrected chi connectivity index (χ4v) is 1.46. The maximum atomic E-state index is 10.7. The molecule has 27 heavy (non-hydrogen) atoms. The van der Waals surface area contributed by atoms with Gasteiger partial charge in [0.2, 0.25) is 0 Å². The van der Waals surface area contributed by atoms with E-state index >= 15 is 0 Å². The summed E-state index contributed by atoms with van der Waals surface area (Å²) in [5.41, 5.74) is 0.0750. The Morgan fingerprint density at radius 3 is 1.70 bits per heavy atom. The molecule has 0 fully saturated rings. The molecule has 0 saturated carbocycles. The first kappa shape index (κ1) is 28.9. The topological polar surface area (TPSA) is 89.7 Å². The summed E-state index contributed by atoms with van der Waals surface area (Å²) < 4.78 is 5.39. The number of carbonyl (C=O) groups excluding carboxylic acids is 1. The van der Waals surface area contributed by atoms with Gasteiger partial charge < -0.3 is 9.84 Å². The largest absolute Gasteiger partial charge is 0.502 e. The maximum Gasteiger partial charge on any atom is 0.314 e. The molecule has 0 aliphatic rings. The van der Waals surface area contributed by atoms with Crippen molar-refractivity contribution in [2.24, 2.45) is 0 Å². The number of aromatic hydroxyl groups is 1. The summed E-state index contributed by atoms with van der Waals surface area (Å²) in [6.45, 7) is 16.0. The Morgan fingerprint density at radius 1 is 0.852 bits per heavy atom. The Balaban J connectivity index is -0.000000638. The van der Waals surface area contributed by atoms with E-state index in [1.807, 2.05) is 55.4 Å². The average Bonchev–Trinajstić information content (AvgIpc) is 2.75. The van der Waals surface area contributed by atoms with E-state index in [0.717, 1.165) is 6.07 Å². The first-order valence-electron chi connectivity index (χ1n) is 9.30. The zero-order chi connectivity index (χ0) is 21.8.